The second kappa shape index (κ2) is 7.59. The number of nitrogens with zero attached hydrogens (tertiary/aromatic N) is 4. The van der Waals surface area contributed by atoms with Crippen molar-refractivity contribution in [1.29, 1.82) is 5.26 Å². The summed E-state index contributed by atoms with van der Waals surface area (Å²) in [6.07, 6.45) is 4.30. The molecule has 2 aliphatic rings. The monoisotopic (exact) mass is 484 g/mol. The normalized spacial score (nSPS) is 25.8. The molecule has 0 radical (unpaired) electrons. The Morgan fingerprint density at radius 3 is 2.68 bits per heavy atom. The molecule has 5 N–H and O–H groups in total. The fourth-order valence-electron chi connectivity index (χ4n) is 4.65. The van der Waals surface area contributed by atoms with E-state index in [2.05, 4.69) is 20.3 Å². The standard InChI is InChI=1S/C23H22F2N6O2S/c1-22(20(25)34(32,33)23(6-2-7-23)21(27)31-22)16-10-15(3-4-17(16)24)30-19-18-14(5-8-28-19)9-13(11-26)12-29-18/h3-5,8-10,12,20,32-33H,2,6-7H2,1H3,(H2,27,31)(H,28,30)/t20-,22+/m0/s1. The molecule has 1 spiro atoms. The van der Waals surface area contributed by atoms with Crippen LogP contribution in [0.25, 0.3) is 10.9 Å². The molecule has 1 saturated carbocycles. The molecule has 3 aromatic rings. The first kappa shape index (κ1) is 22.5. The Bertz CT molecular complexity index is 1390. The predicted molar refractivity (Wildman–Crippen MR) is 127 cm³/mol. The number of amidine groups is 1. The van der Waals surface area contributed by atoms with Crippen molar-refractivity contribution in [3.63, 3.8) is 0 Å². The van der Waals surface area contributed by atoms with Crippen LogP contribution in [0.4, 0.5) is 20.3 Å². The van der Waals surface area contributed by atoms with Crippen LogP contribution in [0, 0.1) is 17.1 Å². The third-order valence-corrected chi connectivity index (χ3v) is 9.59. The molecule has 11 heteroatoms. The summed E-state index contributed by atoms with van der Waals surface area (Å²) in [7, 11) is -3.85. The van der Waals surface area contributed by atoms with Gasteiger partial charge >= 0.3 is 0 Å². The second-order valence-corrected chi connectivity index (χ2v) is 11.2. The van der Waals surface area contributed by atoms with Gasteiger partial charge in [0.25, 0.3) is 0 Å². The van der Waals surface area contributed by atoms with Crippen molar-refractivity contribution in [3.05, 3.63) is 59.7 Å². The number of hydrogen-bond acceptors (Lipinski definition) is 8. The van der Waals surface area contributed by atoms with Crippen LogP contribution in [0.2, 0.25) is 0 Å². The lowest BCUT2D eigenvalue weighted by Crippen LogP contribution is -2.61. The average Bonchev–Trinajstić information content (AvgIpc) is 2.77. The van der Waals surface area contributed by atoms with E-state index in [1.54, 1.807) is 12.1 Å². The van der Waals surface area contributed by atoms with Crippen molar-refractivity contribution in [3.8, 4) is 6.07 Å². The zero-order valence-corrected chi connectivity index (χ0v) is 19.0. The Labute approximate surface area is 195 Å². The lowest BCUT2D eigenvalue weighted by Gasteiger charge is -2.61. The van der Waals surface area contributed by atoms with E-state index in [1.165, 1.54) is 31.5 Å². The second-order valence-electron chi connectivity index (χ2n) is 8.79. The van der Waals surface area contributed by atoms with Crippen LogP contribution in [0.1, 0.15) is 37.3 Å². The van der Waals surface area contributed by atoms with Crippen molar-refractivity contribution in [2.24, 2.45) is 10.7 Å². The maximum atomic E-state index is 15.7. The number of alkyl halides is 1. The Morgan fingerprint density at radius 2 is 2.00 bits per heavy atom. The van der Waals surface area contributed by atoms with E-state index in [-0.39, 0.29) is 11.4 Å². The van der Waals surface area contributed by atoms with Gasteiger partial charge in [-0.3, -0.25) is 19.1 Å². The zero-order valence-electron chi connectivity index (χ0n) is 18.2. The van der Waals surface area contributed by atoms with E-state index in [1.807, 2.05) is 6.07 Å². The van der Waals surface area contributed by atoms with Crippen LogP contribution in [-0.2, 0) is 5.54 Å². The molecule has 0 unspecified atom stereocenters. The van der Waals surface area contributed by atoms with Gasteiger partial charge in [0, 0.05) is 29.0 Å². The predicted octanol–water partition coefficient (Wildman–Crippen LogP) is 4.94. The van der Waals surface area contributed by atoms with Crippen LogP contribution in [0.3, 0.4) is 0 Å². The molecular formula is C23H22F2N6O2S. The van der Waals surface area contributed by atoms with Crippen molar-refractivity contribution in [1.82, 2.24) is 9.97 Å². The minimum absolute atomic E-state index is 0.0545. The largest absolute Gasteiger partial charge is 0.386 e. The molecule has 5 rings (SSSR count). The topological polar surface area (TPSA) is 140 Å². The number of nitriles is 1. The molecule has 1 fully saturated rings. The van der Waals surface area contributed by atoms with E-state index in [9.17, 15) is 13.5 Å². The van der Waals surface area contributed by atoms with Crippen LogP contribution in [0.15, 0.2) is 47.7 Å². The lowest BCUT2D eigenvalue weighted by atomic mass is 9.82. The number of fused-ring (bicyclic) bond motifs is 1. The first-order valence-corrected chi connectivity index (χ1v) is 12.2. The van der Waals surface area contributed by atoms with Crippen LogP contribution >= 0.6 is 10.6 Å². The number of rotatable bonds is 3. The minimum atomic E-state index is -3.85. The fraction of sp³-hybridized carbons (Fsp3) is 0.304. The molecule has 34 heavy (non-hydrogen) atoms. The van der Waals surface area contributed by atoms with Gasteiger partial charge in [-0.25, -0.2) is 13.8 Å². The van der Waals surface area contributed by atoms with Gasteiger partial charge in [0.1, 0.15) is 33.5 Å². The van der Waals surface area contributed by atoms with Gasteiger partial charge in [-0.05, 0) is 56.5 Å². The number of aliphatic imine (C=N–C) groups is 1. The van der Waals surface area contributed by atoms with Gasteiger partial charge in [-0.15, -0.1) is 10.6 Å². The molecule has 0 amide bonds. The smallest absolute Gasteiger partial charge is 0.217 e. The van der Waals surface area contributed by atoms with Crippen molar-refractivity contribution in [2.75, 3.05) is 5.32 Å². The molecule has 0 saturated heterocycles. The average molecular weight is 485 g/mol. The van der Waals surface area contributed by atoms with E-state index < -0.39 is 32.2 Å². The van der Waals surface area contributed by atoms with Gasteiger partial charge in [0.05, 0.1) is 5.56 Å². The highest BCUT2D eigenvalue weighted by molar-refractivity contribution is 8.26. The van der Waals surface area contributed by atoms with Crippen molar-refractivity contribution < 1.29 is 17.9 Å². The van der Waals surface area contributed by atoms with Gasteiger partial charge in [0.2, 0.25) is 5.50 Å². The highest BCUT2D eigenvalue weighted by atomic mass is 32.3. The number of halogens is 2. The van der Waals surface area contributed by atoms with Crippen LogP contribution in [0.5, 0.6) is 0 Å². The fourth-order valence-corrected chi connectivity index (χ4v) is 7.11. The molecule has 8 nitrogen and oxygen atoms in total. The first-order valence-electron chi connectivity index (χ1n) is 10.6. The van der Waals surface area contributed by atoms with E-state index >= 15 is 4.39 Å². The van der Waals surface area contributed by atoms with Crippen LogP contribution < -0.4 is 11.1 Å². The minimum Gasteiger partial charge on any atom is -0.386 e. The lowest BCUT2D eigenvalue weighted by molar-refractivity contribution is 0.226. The van der Waals surface area contributed by atoms with E-state index in [4.69, 9.17) is 11.0 Å². The number of anilines is 2. The molecule has 176 valence electrons. The summed E-state index contributed by atoms with van der Waals surface area (Å²) in [4.78, 5) is 12.9. The van der Waals surface area contributed by atoms with Crippen molar-refractivity contribution in [2.45, 2.75) is 42.0 Å². The molecule has 0 bridgehead atoms. The third kappa shape index (κ3) is 3.06. The maximum absolute atomic E-state index is 15.7. The summed E-state index contributed by atoms with van der Waals surface area (Å²) in [5, 5.41) is 12.8. The number of nitrogens with one attached hydrogen (secondary N) is 1. The van der Waals surface area contributed by atoms with Gasteiger partial charge in [-0.2, -0.15) is 5.26 Å². The van der Waals surface area contributed by atoms with Gasteiger partial charge in [-0.1, -0.05) is 0 Å². The molecule has 3 heterocycles. The summed E-state index contributed by atoms with van der Waals surface area (Å²) in [6, 6.07) is 9.35. The number of nitrogens with two attached hydrogens (primary N) is 1. The SMILES string of the molecule is C[C@]1(c2cc(Nc3nccc4cc(C#N)cnc34)ccc2F)N=C(N)C2(CCC2)S(O)(O)[C@@H]1F. The number of aromatic nitrogens is 2. The summed E-state index contributed by atoms with van der Waals surface area (Å²) in [5.74, 6) is -0.457. The van der Waals surface area contributed by atoms with E-state index in [0.717, 1.165) is 6.07 Å². The Balaban J connectivity index is 1.57. The molecule has 2 aromatic heterocycles. The van der Waals surface area contributed by atoms with Crippen LogP contribution in [-0.4, -0.2) is 35.2 Å². The number of hydrogen-bond donors (Lipinski definition) is 4. The van der Waals surface area contributed by atoms with Gasteiger partial charge < -0.3 is 11.1 Å². The summed E-state index contributed by atoms with van der Waals surface area (Å²) in [6.45, 7) is 1.31. The van der Waals surface area contributed by atoms with E-state index in [0.29, 0.717) is 47.2 Å². The Morgan fingerprint density at radius 1 is 1.24 bits per heavy atom. The quantitative estimate of drug-likeness (QED) is 0.413. The molecule has 1 aromatic carbocycles. The third-order valence-electron chi connectivity index (χ3n) is 6.79. The summed E-state index contributed by atoms with van der Waals surface area (Å²) in [5.41, 5.74) is 3.04. The highest BCUT2D eigenvalue weighted by Crippen LogP contribution is 2.70. The molecule has 1 aliphatic heterocycles. The summed E-state index contributed by atoms with van der Waals surface area (Å²) < 4.78 is 51.2. The molecular weight excluding hydrogens is 462 g/mol. The first-order chi connectivity index (χ1) is 16.1. The number of benzene rings is 1. The highest BCUT2D eigenvalue weighted by Gasteiger charge is 2.63. The Kier molecular flexibility index (Phi) is 5.02. The summed E-state index contributed by atoms with van der Waals surface area (Å²) >= 11 is 0. The molecule has 1 aliphatic carbocycles. The van der Waals surface area contributed by atoms with Crippen molar-refractivity contribution >= 4 is 38.8 Å². The molecule has 2 atom stereocenters. The Hall–Kier alpha value is -3.33. The number of pyridine rings is 2. The van der Waals surface area contributed by atoms with Gasteiger partial charge in [0.15, 0.2) is 5.82 Å². The maximum Gasteiger partial charge on any atom is 0.217 e. The zero-order chi connectivity index (χ0) is 24.3.